The number of halogens is 1. The van der Waals surface area contributed by atoms with Gasteiger partial charge in [0.2, 0.25) is 0 Å². The summed E-state index contributed by atoms with van der Waals surface area (Å²) in [6, 6.07) is 4.15. The average Bonchev–Trinajstić information content (AvgIpc) is 2.50. The van der Waals surface area contributed by atoms with Crippen LogP contribution in [0.1, 0.15) is 11.6 Å². The standard InChI is InChI=1S/C15H21BrN2O2/c1-4-13(18-7-5-17-6-8-18)11-9-14(19-2)15(20-3)10-12(11)16/h4,9-10,13,17H,1,5-8H2,2-3H3/t13-/m1/s1. The summed E-state index contributed by atoms with van der Waals surface area (Å²) >= 11 is 3.63. The lowest BCUT2D eigenvalue weighted by molar-refractivity contribution is 0.202. The van der Waals surface area contributed by atoms with Crippen molar-refractivity contribution < 1.29 is 9.47 Å². The van der Waals surface area contributed by atoms with Gasteiger partial charge in [0.15, 0.2) is 11.5 Å². The van der Waals surface area contributed by atoms with Gasteiger partial charge in [-0.3, -0.25) is 4.90 Å². The molecule has 0 saturated carbocycles. The van der Waals surface area contributed by atoms with Crippen LogP contribution in [0.25, 0.3) is 0 Å². The lowest BCUT2D eigenvalue weighted by Crippen LogP contribution is -2.44. The number of nitrogens with zero attached hydrogens (tertiary/aromatic N) is 1. The van der Waals surface area contributed by atoms with Crippen LogP contribution in [0.5, 0.6) is 11.5 Å². The van der Waals surface area contributed by atoms with Crippen LogP contribution in [0.4, 0.5) is 0 Å². The predicted octanol–water partition coefficient (Wildman–Crippen LogP) is 2.60. The first-order valence-corrected chi connectivity index (χ1v) is 7.49. The number of benzene rings is 1. The van der Waals surface area contributed by atoms with Gasteiger partial charge in [-0.15, -0.1) is 6.58 Å². The van der Waals surface area contributed by atoms with Crippen LogP contribution >= 0.6 is 15.9 Å². The lowest BCUT2D eigenvalue weighted by atomic mass is 10.0. The number of methoxy groups -OCH3 is 2. The Kier molecular flexibility index (Phi) is 5.46. The van der Waals surface area contributed by atoms with E-state index in [1.54, 1.807) is 14.2 Å². The van der Waals surface area contributed by atoms with Gasteiger partial charge in [-0.25, -0.2) is 0 Å². The molecule has 0 spiro atoms. The Morgan fingerprint density at radius 2 is 1.85 bits per heavy atom. The predicted molar refractivity (Wildman–Crippen MR) is 84.6 cm³/mol. The smallest absolute Gasteiger partial charge is 0.161 e. The van der Waals surface area contributed by atoms with E-state index in [2.05, 4.69) is 32.7 Å². The molecule has 2 rings (SSSR count). The molecule has 0 aromatic heterocycles. The van der Waals surface area contributed by atoms with Crippen molar-refractivity contribution in [3.63, 3.8) is 0 Å². The molecule has 0 unspecified atom stereocenters. The molecule has 1 aliphatic rings. The van der Waals surface area contributed by atoms with E-state index in [1.807, 2.05) is 18.2 Å². The zero-order valence-electron chi connectivity index (χ0n) is 12.0. The maximum atomic E-state index is 5.40. The molecule has 110 valence electrons. The van der Waals surface area contributed by atoms with Gasteiger partial charge in [-0.1, -0.05) is 22.0 Å². The number of nitrogens with one attached hydrogen (secondary N) is 1. The average molecular weight is 341 g/mol. The lowest BCUT2D eigenvalue weighted by Gasteiger charge is -2.34. The SMILES string of the molecule is C=C[C@H](c1cc(OC)c(OC)cc1Br)N1CCNCC1. The van der Waals surface area contributed by atoms with Crippen LogP contribution in [-0.2, 0) is 0 Å². The van der Waals surface area contributed by atoms with Crippen LogP contribution in [0.15, 0.2) is 29.3 Å². The molecule has 4 nitrogen and oxygen atoms in total. The van der Waals surface area contributed by atoms with E-state index in [-0.39, 0.29) is 6.04 Å². The molecule has 0 radical (unpaired) electrons. The molecule has 1 saturated heterocycles. The summed E-state index contributed by atoms with van der Waals surface area (Å²) in [5.41, 5.74) is 1.15. The molecule has 20 heavy (non-hydrogen) atoms. The molecule has 0 amide bonds. The second-order valence-corrected chi connectivity index (χ2v) is 5.55. The Labute approximate surface area is 128 Å². The number of hydrogen-bond donors (Lipinski definition) is 1. The molecule has 0 bridgehead atoms. The first-order valence-electron chi connectivity index (χ1n) is 6.70. The summed E-state index contributed by atoms with van der Waals surface area (Å²) in [5, 5.41) is 3.37. The summed E-state index contributed by atoms with van der Waals surface area (Å²) in [5.74, 6) is 1.47. The maximum absolute atomic E-state index is 5.40. The largest absolute Gasteiger partial charge is 0.493 e. The zero-order chi connectivity index (χ0) is 14.5. The van der Waals surface area contributed by atoms with Crippen molar-refractivity contribution in [3.05, 3.63) is 34.8 Å². The van der Waals surface area contributed by atoms with E-state index in [0.717, 1.165) is 47.7 Å². The van der Waals surface area contributed by atoms with Gasteiger partial charge in [0, 0.05) is 30.7 Å². The minimum absolute atomic E-state index is 0.172. The minimum atomic E-state index is 0.172. The molecule has 1 aliphatic heterocycles. The molecule has 1 atom stereocenters. The van der Waals surface area contributed by atoms with E-state index >= 15 is 0 Å². The van der Waals surface area contributed by atoms with Crippen LogP contribution in [0.2, 0.25) is 0 Å². The van der Waals surface area contributed by atoms with Crippen molar-refractivity contribution in [2.45, 2.75) is 6.04 Å². The van der Waals surface area contributed by atoms with Gasteiger partial charge >= 0.3 is 0 Å². The Bertz CT molecular complexity index is 473. The fourth-order valence-electron chi connectivity index (χ4n) is 2.53. The highest BCUT2D eigenvalue weighted by molar-refractivity contribution is 9.10. The van der Waals surface area contributed by atoms with Crippen molar-refractivity contribution in [1.82, 2.24) is 10.2 Å². The number of piperazine rings is 1. The van der Waals surface area contributed by atoms with Crippen molar-refractivity contribution in [2.24, 2.45) is 0 Å². The highest BCUT2D eigenvalue weighted by atomic mass is 79.9. The van der Waals surface area contributed by atoms with E-state index in [9.17, 15) is 0 Å². The minimum Gasteiger partial charge on any atom is -0.493 e. The fourth-order valence-corrected chi connectivity index (χ4v) is 3.09. The fraction of sp³-hybridized carbons (Fsp3) is 0.467. The summed E-state index contributed by atoms with van der Waals surface area (Å²) in [6.45, 7) is 8.04. The van der Waals surface area contributed by atoms with Gasteiger partial charge < -0.3 is 14.8 Å². The molecular weight excluding hydrogens is 320 g/mol. The van der Waals surface area contributed by atoms with E-state index in [1.165, 1.54) is 0 Å². The van der Waals surface area contributed by atoms with Crippen molar-refractivity contribution in [3.8, 4) is 11.5 Å². The first-order chi connectivity index (χ1) is 9.71. The van der Waals surface area contributed by atoms with Crippen molar-refractivity contribution in [2.75, 3.05) is 40.4 Å². The Morgan fingerprint density at radius 1 is 1.25 bits per heavy atom. The molecular formula is C15H21BrN2O2. The normalized spacial score (nSPS) is 17.6. The topological polar surface area (TPSA) is 33.7 Å². The van der Waals surface area contributed by atoms with Gasteiger partial charge in [0.05, 0.1) is 20.3 Å². The Morgan fingerprint density at radius 3 is 2.40 bits per heavy atom. The monoisotopic (exact) mass is 340 g/mol. The highest BCUT2D eigenvalue weighted by Gasteiger charge is 2.23. The molecule has 1 aromatic rings. The Hall–Kier alpha value is -1.04. The highest BCUT2D eigenvalue weighted by Crippen LogP contribution is 2.38. The van der Waals surface area contributed by atoms with Crippen LogP contribution in [0.3, 0.4) is 0 Å². The quantitative estimate of drug-likeness (QED) is 0.835. The summed E-state index contributed by atoms with van der Waals surface area (Å²) in [4.78, 5) is 2.41. The zero-order valence-corrected chi connectivity index (χ0v) is 13.6. The number of hydrogen-bond acceptors (Lipinski definition) is 4. The van der Waals surface area contributed by atoms with Crippen molar-refractivity contribution >= 4 is 15.9 Å². The van der Waals surface area contributed by atoms with E-state index in [4.69, 9.17) is 9.47 Å². The summed E-state index contributed by atoms with van der Waals surface area (Å²) in [7, 11) is 3.30. The third kappa shape index (κ3) is 3.16. The third-order valence-corrected chi connectivity index (χ3v) is 4.28. The van der Waals surface area contributed by atoms with Crippen LogP contribution in [-0.4, -0.2) is 45.3 Å². The molecule has 1 heterocycles. The van der Waals surface area contributed by atoms with Gasteiger partial charge in [-0.2, -0.15) is 0 Å². The molecule has 1 aromatic carbocycles. The Balaban J connectivity index is 2.35. The number of ether oxygens (including phenoxy) is 2. The van der Waals surface area contributed by atoms with E-state index < -0.39 is 0 Å². The second-order valence-electron chi connectivity index (χ2n) is 4.70. The van der Waals surface area contributed by atoms with Crippen LogP contribution in [0, 0.1) is 0 Å². The first kappa shape index (κ1) is 15.4. The second kappa shape index (κ2) is 7.11. The third-order valence-electron chi connectivity index (χ3n) is 3.59. The van der Waals surface area contributed by atoms with Gasteiger partial charge in [0.1, 0.15) is 0 Å². The molecule has 0 aliphatic carbocycles. The summed E-state index contributed by atoms with van der Waals surface area (Å²) in [6.07, 6.45) is 1.98. The van der Waals surface area contributed by atoms with Crippen LogP contribution < -0.4 is 14.8 Å². The van der Waals surface area contributed by atoms with Gasteiger partial charge in [0.25, 0.3) is 0 Å². The number of rotatable bonds is 5. The molecule has 1 fully saturated rings. The maximum Gasteiger partial charge on any atom is 0.161 e. The van der Waals surface area contributed by atoms with Gasteiger partial charge in [-0.05, 0) is 17.7 Å². The van der Waals surface area contributed by atoms with Crippen molar-refractivity contribution in [1.29, 1.82) is 0 Å². The summed E-state index contributed by atoms with van der Waals surface area (Å²) < 4.78 is 11.7. The van der Waals surface area contributed by atoms with E-state index in [0.29, 0.717) is 0 Å². The molecule has 5 heteroatoms. The molecule has 1 N–H and O–H groups in total.